The van der Waals surface area contributed by atoms with E-state index in [1.165, 1.54) is 32.1 Å². The smallest absolute Gasteiger partial charge is 0.00801 e. The van der Waals surface area contributed by atoms with Crippen LogP contribution in [-0.2, 0) is 0 Å². The number of hydrogen-bond donors (Lipinski definition) is 1. The van der Waals surface area contributed by atoms with E-state index in [0.29, 0.717) is 6.04 Å². The molecule has 1 nitrogen and oxygen atoms in total. The zero-order valence-corrected chi connectivity index (χ0v) is 11.6. The molecule has 90 valence electrons. The zero-order chi connectivity index (χ0) is 11.3. The molecule has 0 aromatic rings. The number of thioether (sulfide) groups is 1. The summed E-state index contributed by atoms with van der Waals surface area (Å²) in [6.45, 7) is 6.98. The molecule has 0 aliphatic heterocycles. The highest BCUT2D eigenvalue weighted by Gasteiger charge is 2.23. The molecule has 0 amide bonds. The van der Waals surface area contributed by atoms with Gasteiger partial charge in [-0.1, -0.05) is 26.7 Å². The van der Waals surface area contributed by atoms with E-state index in [9.17, 15) is 0 Å². The molecule has 1 N–H and O–H groups in total. The van der Waals surface area contributed by atoms with Gasteiger partial charge in [-0.2, -0.15) is 11.8 Å². The second-order valence-electron chi connectivity index (χ2n) is 5.06. The molecule has 1 rings (SSSR count). The normalized spacial score (nSPS) is 31.2. The second-order valence-corrected chi connectivity index (χ2v) is 6.20. The van der Waals surface area contributed by atoms with Gasteiger partial charge in [-0.25, -0.2) is 0 Å². The Morgan fingerprint density at radius 2 is 2.07 bits per heavy atom. The summed E-state index contributed by atoms with van der Waals surface area (Å²) in [6.07, 6.45) is 9.14. The van der Waals surface area contributed by atoms with Crippen LogP contribution in [-0.4, -0.2) is 23.6 Å². The van der Waals surface area contributed by atoms with E-state index in [-0.39, 0.29) is 0 Å². The van der Waals surface area contributed by atoms with E-state index in [1.807, 2.05) is 0 Å². The minimum Gasteiger partial charge on any atom is -0.311 e. The summed E-state index contributed by atoms with van der Waals surface area (Å²) in [5, 5.41) is 4.72. The zero-order valence-electron chi connectivity index (χ0n) is 10.8. The van der Waals surface area contributed by atoms with E-state index in [0.717, 1.165) is 17.2 Å². The van der Waals surface area contributed by atoms with Gasteiger partial charge in [0, 0.05) is 17.3 Å². The van der Waals surface area contributed by atoms with Crippen LogP contribution in [0.4, 0.5) is 0 Å². The van der Waals surface area contributed by atoms with E-state index in [2.05, 4.69) is 44.1 Å². The molecule has 0 spiro atoms. The molecule has 4 unspecified atom stereocenters. The third kappa shape index (κ3) is 4.36. The minimum absolute atomic E-state index is 0.681. The molecule has 2 heteroatoms. The minimum atomic E-state index is 0.681. The van der Waals surface area contributed by atoms with Gasteiger partial charge in [0.1, 0.15) is 0 Å². The van der Waals surface area contributed by atoms with Gasteiger partial charge >= 0.3 is 0 Å². The molecular weight excluding hydrogens is 202 g/mol. The predicted molar refractivity (Wildman–Crippen MR) is 71.6 cm³/mol. The van der Waals surface area contributed by atoms with Crippen molar-refractivity contribution in [2.75, 3.05) is 6.26 Å². The molecule has 0 heterocycles. The summed E-state index contributed by atoms with van der Waals surface area (Å²) in [5.74, 6) is 0.805. The molecular formula is C13H27NS. The largest absolute Gasteiger partial charge is 0.311 e. The Kier molecular flexibility index (Phi) is 6.06. The van der Waals surface area contributed by atoms with Gasteiger partial charge in [-0.05, 0) is 38.4 Å². The highest BCUT2D eigenvalue weighted by molar-refractivity contribution is 7.99. The first-order valence-electron chi connectivity index (χ1n) is 6.46. The van der Waals surface area contributed by atoms with Gasteiger partial charge in [0.15, 0.2) is 0 Å². The van der Waals surface area contributed by atoms with E-state index >= 15 is 0 Å². The van der Waals surface area contributed by atoms with Gasteiger partial charge in [0.25, 0.3) is 0 Å². The molecule has 1 fully saturated rings. The summed E-state index contributed by atoms with van der Waals surface area (Å²) in [5.41, 5.74) is 0. The lowest BCUT2D eigenvalue weighted by Gasteiger charge is -2.32. The molecule has 15 heavy (non-hydrogen) atoms. The number of nitrogens with one attached hydrogen (secondary N) is 1. The highest BCUT2D eigenvalue weighted by atomic mass is 32.2. The van der Waals surface area contributed by atoms with Crippen LogP contribution in [0.5, 0.6) is 0 Å². The second kappa shape index (κ2) is 6.80. The number of hydrogen-bond acceptors (Lipinski definition) is 2. The van der Waals surface area contributed by atoms with Crippen LogP contribution >= 0.6 is 11.8 Å². The maximum atomic E-state index is 3.82. The molecule has 1 aliphatic rings. The van der Waals surface area contributed by atoms with Crippen molar-refractivity contribution in [1.82, 2.24) is 5.32 Å². The van der Waals surface area contributed by atoms with Crippen LogP contribution in [0.15, 0.2) is 0 Å². The van der Waals surface area contributed by atoms with Gasteiger partial charge in [-0.15, -0.1) is 0 Å². The fourth-order valence-electron chi connectivity index (χ4n) is 2.40. The molecule has 0 aromatic heterocycles. The van der Waals surface area contributed by atoms with Gasteiger partial charge in [-0.3, -0.25) is 0 Å². The molecule has 0 aromatic carbocycles. The quantitative estimate of drug-likeness (QED) is 0.772. The Labute approximate surface area is 99.8 Å². The van der Waals surface area contributed by atoms with Crippen molar-refractivity contribution in [2.45, 2.75) is 70.2 Å². The summed E-state index contributed by atoms with van der Waals surface area (Å²) in [4.78, 5) is 0. The molecule has 0 bridgehead atoms. The van der Waals surface area contributed by atoms with Crippen LogP contribution in [0.1, 0.15) is 52.9 Å². The maximum Gasteiger partial charge on any atom is 0.00801 e. The lowest BCUT2D eigenvalue weighted by molar-refractivity contribution is 0.300. The molecule has 4 atom stereocenters. The molecule has 0 saturated heterocycles. The van der Waals surface area contributed by atoms with Crippen molar-refractivity contribution in [1.29, 1.82) is 0 Å². The topological polar surface area (TPSA) is 12.0 Å². The number of rotatable bonds is 5. The van der Waals surface area contributed by atoms with E-state index in [4.69, 9.17) is 0 Å². The van der Waals surface area contributed by atoms with E-state index in [1.54, 1.807) is 0 Å². The summed E-state index contributed by atoms with van der Waals surface area (Å²) in [7, 11) is 0. The molecule has 0 radical (unpaired) electrons. The standard InChI is InChI=1S/C13H27NS/c1-5-10(2)11(3)14-12-7-6-8-13(9-12)15-4/h10-14H,5-9H2,1-4H3. The molecule has 1 saturated carbocycles. The Morgan fingerprint density at radius 1 is 1.33 bits per heavy atom. The van der Waals surface area contributed by atoms with Crippen molar-refractivity contribution >= 4 is 11.8 Å². The summed E-state index contributed by atoms with van der Waals surface area (Å²) >= 11 is 2.05. The van der Waals surface area contributed by atoms with Crippen molar-refractivity contribution in [3.8, 4) is 0 Å². The van der Waals surface area contributed by atoms with Crippen molar-refractivity contribution in [3.63, 3.8) is 0 Å². The fraction of sp³-hybridized carbons (Fsp3) is 1.00. The Balaban J connectivity index is 2.31. The van der Waals surface area contributed by atoms with Gasteiger partial charge < -0.3 is 5.32 Å². The lowest BCUT2D eigenvalue weighted by Crippen LogP contribution is -2.43. The first-order chi connectivity index (χ1) is 7.17. The van der Waals surface area contributed by atoms with Crippen molar-refractivity contribution in [3.05, 3.63) is 0 Å². The third-order valence-corrected chi connectivity index (χ3v) is 5.05. The van der Waals surface area contributed by atoms with Crippen LogP contribution in [0, 0.1) is 5.92 Å². The van der Waals surface area contributed by atoms with Gasteiger partial charge in [0.05, 0.1) is 0 Å². The fourth-order valence-corrected chi connectivity index (χ4v) is 3.23. The molecule has 1 aliphatic carbocycles. The van der Waals surface area contributed by atoms with Crippen LogP contribution < -0.4 is 5.32 Å². The monoisotopic (exact) mass is 229 g/mol. The SMILES string of the molecule is CCC(C)C(C)NC1CCCC(SC)C1. The first kappa shape index (κ1) is 13.4. The summed E-state index contributed by atoms with van der Waals surface area (Å²) < 4.78 is 0. The predicted octanol–water partition coefficient (Wildman–Crippen LogP) is 3.68. The first-order valence-corrected chi connectivity index (χ1v) is 7.75. The van der Waals surface area contributed by atoms with Crippen molar-refractivity contribution in [2.24, 2.45) is 5.92 Å². The summed E-state index contributed by atoms with van der Waals surface area (Å²) in [6, 6.07) is 1.46. The Morgan fingerprint density at radius 3 is 2.67 bits per heavy atom. The Hall–Kier alpha value is 0.310. The van der Waals surface area contributed by atoms with Crippen LogP contribution in [0.2, 0.25) is 0 Å². The third-order valence-electron chi connectivity index (χ3n) is 3.96. The van der Waals surface area contributed by atoms with Crippen LogP contribution in [0.3, 0.4) is 0 Å². The van der Waals surface area contributed by atoms with Crippen molar-refractivity contribution < 1.29 is 0 Å². The van der Waals surface area contributed by atoms with Gasteiger partial charge in [0.2, 0.25) is 0 Å². The van der Waals surface area contributed by atoms with E-state index < -0.39 is 0 Å². The average molecular weight is 229 g/mol. The average Bonchev–Trinajstić information content (AvgIpc) is 2.28. The maximum absolute atomic E-state index is 3.82. The Bertz CT molecular complexity index is 172. The lowest BCUT2D eigenvalue weighted by atomic mass is 9.92. The highest BCUT2D eigenvalue weighted by Crippen LogP contribution is 2.27. The van der Waals surface area contributed by atoms with Crippen LogP contribution in [0.25, 0.3) is 0 Å².